The monoisotopic (exact) mass is 2720 g/mol. The lowest BCUT2D eigenvalue weighted by molar-refractivity contribution is -0.132. The van der Waals surface area contributed by atoms with Gasteiger partial charge < -0.3 is 71.6 Å². The Labute approximate surface area is 806 Å². The summed E-state index contributed by atoms with van der Waals surface area (Å²) in [6.45, 7) is 3.50. The Morgan fingerprint density at radius 3 is 0.976 bits per heavy atom. The summed E-state index contributed by atoms with van der Waals surface area (Å²) in [5.41, 5.74) is -26.7. The Balaban J connectivity index is 0.000000796. The Bertz CT molecular complexity index is 5380. The van der Waals surface area contributed by atoms with E-state index in [4.69, 9.17) is 28.4 Å². The first kappa shape index (κ1) is 119. The summed E-state index contributed by atoms with van der Waals surface area (Å²) in [6, 6.07) is 18.2. The van der Waals surface area contributed by atoms with Gasteiger partial charge in [0.05, 0.1) is 95.7 Å². The Morgan fingerprint density at radius 1 is 0.386 bits per heavy atom. The summed E-state index contributed by atoms with van der Waals surface area (Å²) in [7, 11) is -26.6. The standard InChI is InChI=1S/C15H17F3IN2O6S.C14H13F3IN2O6S.C12H9F3I3N2O5S.C12H10F3INO6S.C11H10F3INO5S/c1-14(2,3)27-13(23)21-11-5-4-9(8-10(11)19)12(22)26-7-6-20-28(24,25)15(16,17)18;1-2-6-26-13(22)20-11-4-3-9(8-10(11)18)12(21)25-7-5-19-27(23,24)14(15,16)17;1-5(21)20-10-7(17)4-6(16)8(9(10)18)11(22)25-3-2-19-26(23,24)12(13,14)15;1-7(18)23-10-6-8(2-3-9(10)16)11(19)22-5-4-17-24(20,21)12(13,14)15;1-20-9-6-7(2-3-8(9)15)10(17)21-5-4-16-22(18,19)11(12,13)14/h4-5,8H,6-7H2,1-3H3,(H,21,22,23);2-4,8H,1,5-7H2,(H,20,21,22);4H,2-3H2,1H3,(H,20,21);2-3,6H,4-5H2,1H3;2-3,6H,4-5H2,1H3/q5*-1. The molecule has 3 amide bonds. The fourth-order valence-corrected chi connectivity index (χ4v) is 15.8. The van der Waals surface area contributed by atoms with Gasteiger partial charge in [-0.2, -0.15) is 65.9 Å². The van der Waals surface area contributed by atoms with Crippen LogP contribution in [0.2, 0.25) is 0 Å². The maximum atomic E-state index is 12.2. The number of sulfonamides is 5. The molecule has 0 atom stereocenters. The van der Waals surface area contributed by atoms with E-state index >= 15 is 0 Å². The number of halogens is 22. The number of esters is 6. The molecular weight excluding hydrogens is 2660 g/mol. The minimum absolute atomic E-state index is 0.0158. The van der Waals surface area contributed by atoms with Gasteiger partial charge in [0.2, 0.25) is 5.91 Å². The predicted molar refractivity (Wildman–Crippen MR) is 476 cm³/mol. The fourth-order valence-electron chi connectivity index (χ4n) is 7.15. The number of hydrogen-bond donors (Lipinski definition) is 3. The first-order valence-electron chi connectivity index (χ1n) is 32.7. The Morgan fingerprint density at radius 2 is 0.685 bits per heavy atom. The van der Waals surface area contributed by atoms with Gasteiger partial charge in [-0.3, -0.25) is 20.2 Å². The molecule has 63 heteroatoms. The topological polar surface area (TPSA) is 514 Å². The zero-order chi connectivity index (χ0) is 98.2. The summed E-state index contributed by atoms with van der Waals surface area (Å²) in [6.07, 6.45) is -0.0283. The normalized spacial score (nSPS) is 12.0. The van der Waals surface area contributed by atoms with E-state index in [0.717, 1.165) is 3.57 Å². The molecular formula is C64H59F15I7N8O28S5-5. The van der Waals surface area contributed by atoms with Crippen molar-refractivity contribution in [2.75, 3.05) is 95.4 Å². The average molecular weight is 2720 g/mol. The average Bonchev–Trinajstić information content (AvgIpc) is 0.674. The molecule has 0 spiro atoms. The van der Waals surface area contributed by atoms with E-state index in [-0.39, 0.29) is 46.1 Å². The lowest BCUT2D eigenvalue weighted by Gasteiger charge is -2.21. The number of hydrogen-bond acceptors (Lipinski definition) is 28. The maximum absolute atomic E-state index is 12.2. The third kappa shape index (κ3) is 42.7. The van der Waals surface area contributed by atoms with Gasteiger partial charge in [-0.25, -0.2) is 75.7 Å². The lowest BCUT2D eigenvalue weighted by atomic mass is 10.2. The first-order chi connectivity index (χ1) is 57.9. The van der Waals surface area contributed by atoms with Crippen molar-refractivity contribution < 1.29 is 194 Å². The Hall–Kier alpha value is -5.92. The second-order valence-electron chi connectivity index (χ2n) is 23.2. The van der Waals surface area contributed by atoms with Gasteiger partial charge in [-0.1, -0.05) is 12.7 Å². The van der Waals surface area contributed by atoms with E-state index in [1.807, 2.05) is 158 Å². The van der Waals surface area contributed by atoms with Crippen molar-refractivity contribution in [2.45, 2.75) is 67.8 Å². The lowest BCUT2D eigenvalue weighted by Crippen LogP contribution is -2.27. The van der Waals surface area contributed by atoms with Crippen LogP contribution >= 0.6 is 158 Å². The third-order valence-corrected chi connectivity index (χ3v) is 24.4. The number of nitrogens with zero attached hydrogens (tertiary/aromatic N) is 5. The van der Waals surface area contributed by atoms with Crippen LogP contribution in [-0.2, 0) is 92.9 Å². The third-order valence-electron chi connectivity index (χ3n) is 12.5. The van der Waals surface area contributed by atoms with E-state index in [2.05, 4.69) is 60.4 Å². The maximum Gasteiger partial charge on any atom is 0.480 e. The molecule has 0 aliphatic carbocycles. The van der Waals surface area contributed by atoms with Crippen molar-refractivity contribution in [3.8, 4) is 11.5 Å². The van der Waals surface area contributed by atoms with Gasteiger partial charge in [0.1, 0.15) is 23.7 Å². The molecule has 3 N–H and O–H groups in total. The molecule has 0 aliphatic rings. The molecule has 0 radical (unpaired) electrons. The van der Waals surface area contributed by atoms with E-state index < -0.39 is 197 Å². The molecule has 5 aromatic carbocycles. The van der Waals surface area contributed by atoms with Gasteiger partial charge in [-0.05, 0) is 258 Å². The SMILES string of the molecule is C=CCOC(=O)Nc1ccc(C(=O)OCC[N-]S(=O)(=O)C(F)(F)F)cc1I.CC(=O)Nc1c(I)cc(I)c(C(=O)OCC[N-]S(=O)(=O)C(F)(F)F)c1I.CC(=O)Oc1cc(C(=O)OCC[N-]S(=O)(=O)C(F)(F)F)ccc1I.CC(C)(C)OC(=O)Nc1ccc(C(=O)OCC[N-]S(=O)(=O)C(F)(F)F)cc1I.COc1cc(C(=O)OCC[N-]S(=O)(=O)C(F)(F)F)ccc1I. The molecule has 127 heavy (non-hydrogen) atoms. The molecule has 36 nitrogen and oxygen atoms in total. The van der Waals surface area contributed by atoms with Gasteiger partial charge in [-0.15, -0.1) is 32.7 Å². The van der Waals surface area contributed by atoms with Crippen molar-refractivity contribution in [3.05, 3.63) is 168 Å². The predicted octanol–water partition coefficient (Wildman–Crippen LogP) is 16.5. The minimum atomic E-state index is -5.62. The van der Waals surface area contributed by atoms with Gasteiger partial charge in [0.15, 0.2) is 50.1 Å². The van der Waals surface area contributed by atoms with Crippen molar-refractivity contribution in [1.82, 2.24) is 0 Å². The number of rotatable bonds is 32. The van der Waals surface area contributed by atoms with E-state index in [0.29, 0.717) is 44.2 Å². The summed E-state index contributed by atoms with van der Waals surface area (Å²) >= 11 is 13.2. The first-order valence-corrected chi connectivity index (χ1v) is 47.4. The van der Waals surface area contributed by atoms with E-state index in [1.165, 1.54) is 93.8 Å². The number of benzene rings is 5. The summed E-state index contributed by atoms with van der Waals surface area (Å²) in [5.74, 6) is -4.82. The number of carbonyl (C=O) groups is 9. The van der Waals surface area contributed by atoms with Gasteiger partial charge in [0.25, 0.3) is 0 Å². The van der Waals surface area contributed by atoms with Crippen LogP contribution in [0, 0.1) is 25.0 Å². The number of ether oxygens (including phenoxy) is 9. The summed E-state index contributed by atoms with van der Waals surface area (Å²) < 4.78 is 348. The number of alkyl halides is 15. The fraction of sp³-hybridized carbons (Fsp3) is 0.359. The molecule has 0 aliphatic heterocycles. The van der Waals surface area contributed by atoms with Crippen LogP contribution < -0.4 is 25.4 Å². The summed E-state index contributed by atoms with van der Waals surface area (Å²) in [4.78, 5) is 105. The molecule has 5 aromatic rings. The second kappa shape index (κ2) is 52.5. The molecule has 5 rings (SSSR count). The number of methoxy groups -OCH3 is 1. The smallest absolute Gasteiger partial charge is 0.480 e. The van der Waals surface area contributed by atoms with Crippen molar-refractivity contribution in [3.63, 3.8) is 0 Å². The number of anilines is 3. The second-order valence-corrected chi connectivity index (χ2v) is 39.7. The van der Waals surface area contributed by atoms with Crippen LogP contribution in [-0.4, -0.2) is 209 Å². The van der Waals surface area contributed by atoms with Crippen molar-refractivity contribution in [2.24, 2.45) is 0 Å². The number of nitrogens with one attached hydrogen (secondary N) is 3. The highest BCUT2D eigenvalue weighted by molar-refractivity contribution is 14.1. The van der Waals surface area contributed by atoms with Crippen LogP contribution in [0.3, 0.4) is 0 Å². The molecule has 0 bridgehead atoms. The van der Waals surface area contributed by atoms with Crippen LogP contribution in [0.4, 0.5) is 92.5 Å². The number of amides is 3. The van der Waals surface area contributed by atoms with Crippen LogP contribution in [0.1, 0.15) is 86.4 Å². The number of carbonyl (C=O) groups excluding carboxylic acids is 9. The highest BCUT2D eigenvalue weighted by atomic mass is 127. The molecule has 0 aromatic heterocycles. The van der Waals surface area contributed by atoms with Crippen LogP contribution in [0.5, 0.6) is 11.5 Å². The van der Waals surface area contributed by atoms with E-state index in [9.17, 15) is 151 Å². The molecule has 0 saturated carbocycles. The molecule has 0 heterocycles. The highest BCUT2D eigenvalue weighted by Crippen LogP contribution is 2.36. The van der Waals surface area contributed by atoms with Crippen LogP contribution in [0.15, 0.2) is 91.5 Å². The molecule has 0 saturated heterocycles. The molecule has 0 unspecified atom stereocenters. The zero-order valence-corrected chi connectivity index (χ0v) is 83.3. The zero-order valence-electron chi connectivity index (χ0n) is 64.1. The minimum Gasteiger partial charge on any atom is -0.538 e. The van der Waals surface area contributed by atoms with E-state index in [1.54, 1.807) is 32.9 Å². The largest absolute Gasteiger partial charge is 0.538 e. The molecule has 0 fully saturated rings. The Kier molecular flexibility index (Phi) is 49.2. The molecule has 712 valence electrons. The van der Waals surface area contributed by atoms with Gasteiger partial charge in [0, 0.05) is 28.1 Å². The highest BCUT2D eigenvalue weighted by Gasteiger charge is 2.42. The quantitative estimate of drug-likeness (QED) is 0.00684. The van der Waals surface area contributed by atoms with Crippen molar-refractivity contribution >= 4 is 279 Å². The summed E-state index contributed by atoms with van der Waals surface area (Å²) in [5, 5.41) is 7.52. The van der Waals surface area contributed by atoms with Gasteiger partial charge >= 0.3 is 75.5 Å². The van der Waals surface area contributed by atoms with Crippen molar-refractivity contribution in [1.29, 1.82) is 0 Å². The van der Waals surface area contributed by atoms with Crippen LogP contribution in [0.25, 0.3) is 23.6 Å².